The predicted octanol–water partition coefficient (Wildman–Crippen LogP) is -0.483. The molecule has 1 unspecified atom stereocenters. The Kier molecular flexibility index (Phi) is 6.36. The van der Waals surface area contributed by atoms with Gasteiger partial charge in [0.2, 0.25) is 0 Å². The normalized spacial score (nSPS) is 12.8. The minimum absolute atomic E-state index is 0.364. The van der Waals surface area contributed by atoms with Gasteiger partial charge in [-0.25, -0.2) is 8.75 Å². The standard InChI is InChI=1S/C9H13N3O9S/c1-7(13)19-4-8(5-21-22(16,17)18)20-6-11-3-2-10-9(11)12(14)15/h2-3,8H,4-6H2,1H3,(H,16,17,18). The number of ether oxygens (including phenoxy) is 2. The molecule has 0 saturated heterocycles. The van der Waals surface area contributed by atoms with Gasteiger partial charge in [-0.2, -0.15) is 8.42 Å². The van der Waals surface area contributed by atoms with Crippen molar-refractivity contribution in [3.8, 4) is 0 Å². The molecule has 1 N–H and O–H groups in total. The summed E-state index contributed by atoms with van der Waals surface area (Å²) in [6.45, 7) is -0.250. The number of nitro groups is 1. The molecular formula is C9H13N3O9S. The van der Waals surface area contributed by atoms with Crippen LogP contribution in [0.5, 0.6) is 0 Å². The molecule has 13 heteroatoms. The van der Waals surface area contributed by atoms with E-state index < -0.39 is 40.0 Å². The van der Waals surface area contributed by atoms with Gasteiger partial charge in [-0.15, -0.1) is 0 Å². The van der Waals surface area contributed by atoms with Gasteiger partial charge in [0.1, 0.15) is 25.1 Å². The van der Waals surface area contributed by atoms with Gasteiger partial charge in [-0.3, -0.25) is 9.35 Å². The molecule has 12 nitrogen and oxygen atoms in total. The minimum Gasteiger partial charge on any atom is -0.463 e. The molecule has 0 spiro atoms. The Morgan fingerprint density at radius 3 is 2.77 bits per heavy atom. The molecule has 22 heavy (non-hydrogen) atoms. The zero-order chi connectivity index (χ0) is 16.8. The summed E-state index contributed by atoms with van der Waals surface area (Å²) in [6.07, 6.45) is 1.37. The van der Waals surface area contributed by atoms with E-state index in [2.05, 4.69) is 13.9 Å². The van der Waals surface area contributed by atoms with E-state index in [9.17, 15) is 23.3 Å². The van der Waals surface area contributed by atoms with Gasteiger partial charge < -0.3 is 19.6 Å². The van der Waals surface area contributed by atoms with Gasteiger partial charge in [-0.05, 0) is 4.92 Å². The molecule has 0 aliphatic heterocycles. The van der Waals surface area contributed by atoms with Crippen molar-refractivity contribution in [1.82, 2.24) is 9.55 Å². The third-order valence-electron chi connectivity index (χ3n) is 2.18. The maximum atomic E-state index is 10.7. The third kappa shape index (κ3) is 6.57. The summed E-state index contributed by atoms with van der Waals surface area (Å²) in [5.41, 5.74) is 0. The SMILES string of the molecule is CC(=O)OCC(COS(=O)(=O)O)OCn1ccnc1[N+](=O)[O-]. The summed E-state index contributed by atoms with van der Waals surface area (Å²) < 4.78 is 44.5. The predicted molar refractivity (Wildman–Crippen MR) is 67.9 cm³/mol. The van der Waals surface area contributed by atoms with Crippen LogP contribution in [0.15, 0.2) is 12.4 Å². The molecule has 0 fully saturated rings. The number of carbonyl (C=O) groups is 1. The summed E-state index contributed by atoms with van der Waals surface area (Å²) in [7, 11) is -4.70. The first-order chi connectivity index (χ1) is 10.2. The highest BCUT2D eigenvalue weighted by atomic mass is 32.3. The van der Waals surface area contributed by atoms with Crippen molar-refractivity contribution in [2.75, 3.05) is 13.2 Å². The van der Waals surface area contributed by atoms with Crippen LogP contribution in [0.2, 0.25) is 0 Å². The van der Waals surface area contributed by atoms with Crippen LogP contribution < -0.4 is 0 Å². The fourth-order valence-corrected chi connectivity index (χ4v) is 1.60. The first kappa shape index (κ1) is 18.0. The molecule has 124 valence electrons. The molecule has 1 rings (SSSR count). The number of aromatic nitrogens is 2. The first-order valence-electron chi connectivity index (χ1n) is 5.71. The van der Waals surface area contributed by atoms with E-state index >= 15 is 0 Å². The lowest BCUT2D eigenvalue weighted by Gasteiger charge is -2.16. The molecular weight excluding hydrogens is 326 g/mol. The van der Waals surface area contributed by atoms with Crippen LogP contribution in [0.1, 0.15) is 6.92 Å². The summed E-state index contributed by atoms with van der Waals surface area (Å²) >= 11 is 0. The molecule has 0 aliphatic carbocycles. The molecule has 0 bridgehead atoms. The molecule has 1 atom stereocenters. The second-order valence-corrected chi connectivity index (χ2v) is 4.98. The van der Waals surface area contributed by atoms with Crippen LogP contribution in [0.4, 0.5) is 5.95 Å². The number of nitrogens with zero attached hydrogens (tertiary/aromatic N) is 3. The average molecular weight is 339 g/mol. The number of hydrogen-bond acceptors (Lipinski definition) is 9. The van der Waals surface area contributed by atoms with Gasteiger partial charge >= 0.3 is 22.3 Å². The Morgan fingerprint density at radius 1 is 1.55 bits per heavy atom. The molecule has 0 saturated carbocycles. The molecule has 0 aromatic carbocycles. The van der Waals surface area contributed by atoms with Crippen molar-refractivity contribution >= 4 is 22.3 Å². The van der Waals surface area contributed by atoms with Gasteiger partial charge in [0, 0.05) is 6.92 Å². The number of imidazole rings is 1. The van der Waals surface area contributed by atoms with Gasteiger partial charge in [-0.1, -0.05) is 4.98 Å². The van der Waals surface area contributed by atoms with E-state index in [1.807, 2.05) is 0 Å². The topological polar surface area (TPSA) is 160 Å². The summed E-state index contributed by atoms with van der Waals surface area (Å²) in [5.74, 6) is -1.13. The summed E-state index contributed by atoms with van der Waals surface area (Å²) in [5, 5.41) is 10.7. The molecule has 1 aromatic heterocycles. The summed E-state index contributed by atoms with van der Waals surface area (Å²) in [4.78, 5) is 24.1. The fourth-order valence-electron chi connectivity index (χ4n) is 1.28. The van der Waals surface area contributed by atoms with Crippen molar-refractivity contribution in [3.63, 3.8) is 0 Å². The van der Waals surface area contributed by atoms with Crippen molar-refractivity contribution in [2.24, 2.45) is 0 Å². The molecule has 0 aliphatic rings. The smallest absolute Gasteiger partial charge is 0.436 e. The van der Waals surface area contributed by atoms with Crippen molar-refractivity contribution in [1.29, 1.82) is 0 Å². The van der Waals surface area contributed by atoms with Gasteiger partial charge in [0.05, 0.1) is 6.61 Å². The van der Waals surface area contributed by atoms with Crippen LogP contribution in [-0.2, 0) is 35.6 Å². The van der Waals surface area contributed by atoms with E-state index in [0.29, 0.717) is 0 Å². The number of esters is 1. The maximum absolute atomic E-state index is 10.7. The van der Waals surface area contributed by atoms with Crippen molar-refractivity contribution in [3.05, 3.63) is 22.5 Å². The highest BCUT2D eigenvalue weighted by molar-refractivity contribution is 7.80. The van der Waals surface area contributed by atoms with Crippen LogP contribution in [0, 0.1) is 10.1 Å². The highest BCUT2D eigenvalue weighted by Crippen LogP contribution is 2.09. The Balaban J connectivity index is 2.64. The van der Waals surface area contributed by atoms with E-state index in [1.54, 1.807) is 0 Å². The minimum atomic E-state index is -4.70. The largest absolute Gasteiger partial charge is 0.463 e. The van der Waals surface area contributed by atoms with Crippen molar-refractivity contribution in [2.45, 2.75) is 19.8 Å². The zero-order valence-corrected chi connectivity index (χ0v) is 12.1. The number of carbonyl (C=O) groups excluding carboxylic acids is 1. The van der Waals surface area contributed by atoms with E-state index in [1.165, 1.54) is 12.4 Å². The second-order valence-electron chi connectivity index (χ2n) is 3.89. The van der Waals surface area contributed by atoms with Crippen LogP contribution in [-0.4, -0.2) is 52.7 Å². The second kappa shape index (κ2) is 7.79. The lowest BCUT2D eigenvalue weighted by Crippen LogP contribution is -2.29. The van der Waals surface area contributed by atoms with Crippen molar-refractivity contribution < 1.29 is 36.3 Å². The lowest BCUT2D eigenvalue weighted by atomic mass is 10.4. The average Bonchev–Trinajstić information content (AvgIpc) is 2.85. The number of rotatable bonds is 9. The molecule has 1 heterocycles. The van der Waals surface area contributed by atoms with E-state index in [4.69, 9.17) is 9.29 Å². The van der Waals surface area contributed by atoms with Crippen LogP contribution in [0.25, 0.3) is 0 Å². The Bertz CT molecular complexity index is 626. The van der Waals surface area contributed by atoms with E-state index in [-0.39, 0.29) is 13.3 Å². The lowest BCUT2D eigenvalue weighted by molar-refractivity contribution is -0.397. The molecule has 0 radical (unpaired) electrons. The molecule has 1 aromatic rings. The van der Waals surface area contributed by atoms with Crippen LogP contribution >= 0.6 is 0 Å². The van der Waals surface area contributed by atoms with Crippen LogP contribution in [0.3, 0.4) is 0 Å². The number of hydrogen-bond donors (Lipinski definition) is 1. The highest BCUT2D eigenvalue weighted by Gasteiger charge is 2.19. The van der Waals surface area contributed by atoms with Gasteiger partial charge in [0.25, 0.3) is 0 Å². The monoisotopic (exact) mass is 339 g/mol. The molecule has 0 amide bonds. The van der Waals surface area contributed by atoms with Gasteiger partial charge in [0.15, 0.2) is 6.73 Å². The Hall–Kier alpha value is -2.09. The summed E-state index contributed by atoms with van der Waals surface area (Å²) in [6, 6.07) is 0. The first-order valence-corrected chi connectivity index (χ1v) is 7.08. The maximum Gasteiger partial charge on any atom is 0.436 e. The van der Waals surface area contributed by atoms with E-state index in [0.717, 1.165) is 11.5 Å². The zero-order valence-electron chi connectivity index (χ0n) is 11.3. The fraction of sp³-hybridized carbons (Fsp3) is 0.556. The quantitative estimate of drug-likeness (QED) is 0.269. The Morgan fingerprint density at radius 2 is 2.23 bits per heavy atom. The Labute approximate surface area is 124 Å². The third-order valence-corrected chi connectivity index (χ3v) is 2.62.